The second-order valence-electron chi connectivity index (χ2n) is 4.67. The van der Waals surface area contributed by atoms with Gasteiger partial charge in [0.05, 0.1) is 5.69 Å². The van der Waals surface area contributed by atoms with E-state index in [1.54, 1.807) is 18.2 Å². The Morgan fingerprint density at radius 1 is 1.32 bits per heavy atom. The lowest BCUT2D eigenvalue weighted by molar-refractivity contribution is 0.280. The highest BCUT2D eigenvalue weighted by Crippen LogP contribution is 2.25. The zero-order valence-electron chi connectivity index (χ0n) is 10.5. The highest BCUT2D eigenvalue weighted by Gasteiger charge is 2.27. The first-order chi connectivity index (χ1) is 9.03. The molecule has 7 heteroatoms. The molecule has 1 fully saturated rings. The Kier molecular flexibility index (Phi) is 4.83. The van der Waals surface area contributed by atoms with E-state index in [1.807, 2.05) is 6.07 Å². The van der Waals surface area contributed by atoms with Gasteiger partial charge in [-0.3, -0.25) is 4.72 Å². The van der Waals surface area contributed by atoms with E-state index in [0.717, 1.165) is 17.3 Å². The molecule has 2 rings (SSSR count). The number of halogens is 1. The quantitative estimate of drug-likeness (QED) is 0.871. The molecule has 0 aliphatic carbocycles. The van der Waals surface area contributed by atoms with Gasteiger partial charge >= 0.3 is 10.2 Å². The van der Waals surface area contributed by atoms with Crippen molar-refractivity contribution in [3.05, 3.63) is 28.7 Å². The zero-order chi connectivity index (χ0) is 13.9. The van der Waals surface area contributed by atoms with Crippen molar-refractivity contribution in [1.82, 2.24) is 4.31 Å². The second-order valence-corrected chi connectivity index (χ2v) is 7.19. The van der Waals surface area contributed by atoms with Crippen LogP contribution in [0.15, 0.2) is 28.7 Å². The molecule has 1 heterocycles. The normalized spacial score (nSPS) is 18.4. The maximum atomic E-state index is 12.3. The van der Waals surface area contributed by atoms with Gasteiger partial charge < -0.3 is 5.73 Å². The Morgan fingerprint density at radius 2 is 1.95 bits per heavy atom. The molecule has 1 aromatic carbocycles. The summed E-state index contributed by atoms with van der Waals surface area (Å²) in [6.45, 7) is 1.69. The van der Waals surface area contributed by atoms with Crippen LogP contribution in [0.1, 0.15) is 12.8 Å². The van der Waals surface area contributed by atoms with Gasteiger partial charge in [-0.15, -0.1) is 0 Å². The molecule has 0 spiro atoms. The standard InChI is InChI=1S/C12H18BrN3O2S/c13-11-3-1-2-4-12(11)15-19(17,18)16-7-5-10(9-14)6-8-16/h1-4,10,15H,5-9,14H2. The number of rotatable bonds is 4. The summed E-state index contributed by atoms with van der Waals surface area (Å²) in [7, 11) is -3.48. The number of hydrogen-bond acceptors (Lipinski definition) is 3. The molecular weight excluding hydrogens is 330 g/mol. The third-order valence-corrected chi connectivity index (χ3v) is 5.57. The van der Waals surface area contributed by atoms with Gasteiger partial charge in [-0.05, 0) is 53.4 Å². The topological polar surface area (TPSA) is 75.4 Å². The van der Waals surface area contributed by atoms with E-state index in [0.29, 0.717) is 31.2 Å². The van der Waals surface area contributed by atoms with Crippen LogP contribution in [0.3, 0.4) is 0 Å². The fourth-order valence-electron chi connectivity index (χ4n) is 2.13. The summed E-state index contributed by atoms with van der Waals surface area (Å²) in [5, 5.41) is 0. The Hall–Kier alpha value is -0.630. The summed E-state index contributed by atoms with van der Waals surface area (Å²) >= 11 is 3.33. The highest BCUT2D eigenvalue weighted by atomic mass is 79.9. The van der Waals surface area contributed by atoms with Crippen LogP contribution in [-0.4, -0.2) is 32.4 Å². The molecule has 0 atom stereocenters. The Labute approximate surface area is 122 Å². The van der Waals surface area contributed by atoms with E-state index in [1.165, 1.54) is 4.31 Å². The maximum Gasteiger partial charge on any atom is 0.301 e. The van der Waals surface area contributed by atoms with Crippen LogP contribution in [0, 0.1) is 5.92 Å². The summed E-state index contributed by atoms with van der Waals surface area (Å²) < 4.78 is 29.4. The number of nitrogens with one attached hydrogen (secondary N) is 1. The SMILES string of the molecule is NCC1CCN(S(=O)(=O)Nc2ccccc2Br)CC1. The molecule has 3 N–H and O–H groups in total. The van der Waals surface area contributed by atoms with E-state index < -0.39 is 10.2 Å². The Morgan fingerprint density at radius 3 is 2.53 bits per heavy atom. The molecule has 1 aliphatic heterocycles. The molecule has 0 radical (unpaired) electrons. The van der Waals surface area contributed by atoms with Gasteiger partial charge in [0.25, 0.3) is 0 Å². The van der Waals surface area contributed by atoms with Crippen LogP contribution in [0.4, 0.5) is 5.69 Å². The average molecular weight is 348 g/mol. The molecule has 1 aromatic rings. The summed E-state index contributed by atoms with van der Waals surface area (Å²) in [5.41, 5.74) is 6.17. The van der Waals surface area contributed by atoms with Crippen LogP contribution < -0.4 is 10.5 Å². The van der Waals surface area contributed by atoms with Crippen molar-refractivity contribution < 1.29 is 8.42 Å². The summed E-state index contributed by atoms with van der Waals surface area (Å²) in [6.07, 6.45) is 1.65. The highest BCUT2D eigenvalue weighted by molar-refractivity contribution is 9.10. The second kappa shape index (κ2) is 6.21. The summed E-state index contributed by atoms with van der Waals surface area (Å²) in [4.78, 5) is 0. The lowest BCUT2D eigenvalue weighted by Gasteiger charge is -2.30. The predicted octanol–water partition coefficient (Wildman–Crippen LogP) is 1.78. The molecule has 106 valence electrons. The fourth-order valence-corrected chi connectivity index (χ4v) is 3.92. The smallest absolute Gasteiger partial charge is 0.301 e. The molecule has 5 nitrogen and oxygen atoms in total. The van der Waals surface area contributed by atoms with Crippen molar-refractivity contribution in [2.45, 2.75) is 12.8 Å². The third-order valence-electron chi connectivity index (χ3n) is 3.36. The zero-order valence-corrected chi connectivity index (χ0v) is 13.0. The molecule has 1 saturated heterocycles. The summed E-state index contributed by atoms with van der Waals surface area (Å²) in [6, 6.07) is 7.17. The van der Waals surface area contributed by atoms with Crippen molar-refractivity contribution >= 4 is 31.8 Å². The number of benzene rings is 1. The predicted molar refractivity (Wildman–Crippen MR) is 80.0 cm³/mol. The fraction of sp³-hybridized carbons (Fsp3) is 0.500. The minimum absolute atomic E-state index is 0.440. The number of nitrogens with zero attached hydrogens (tertiary/aromatic N) is 1. The van der Waals surface area contributed by atoms with Crippen LogP contribution in [0.25, 0.3) is 0 Å². The minimum atomic E-state index is -3.48. The number of para-hydroxylation sites is 1. The van der Waals surface area contributed by atoms with E-state index in [2.05, 4.69) is 20.7 Å². The molecular formula is C12H18BrN3O2S. The van der Waals surface area contributed by atoms with Crippen LogP contribution in [0.5, 0.6) is 0 Å². The van der Waals surface area contributed by atoms with Crippen molar-refractivity contribution in [3.8, 4) is 0 Å². The molecule has 0 amide bonds. The van der Waals surface area contributed by atoms with Crippen LogP contribution in [0.2, 0.25) is 0 Å². The van der Waals surface area contributed by atoms with Crippen molar-refractivity contribution in [3.63, 3.8) is 0 Å². The maximum absolute atomic E-state index is 12.3. The number of hydrogen-bond donors (Lipinski definition) is 2. The Bertz CT molecular complexity index is 528. The van der Waals surface area contributed by atoms with E-state index >= 15 is 0 Å². The minimum Gasteiger partial charge on any atom is -0.330 e. The largest absolute Gasteiger partial charge is 0.330 e. The third kappa shape index (κ3) is 3.68. The summed E-state index contributed by atoms with van der Waals surface area (Å²) in [5.74, 6) is 0.440. The van der Waals surface area contributed by atoms with Gasteiger partial charge in [-0.2, -0.15) is 12.7 Å². The van der Waals surface area contributed by atoms with Gasteiger partial charge in [0.1, 0.15) is 0 Å². The molecule has 19 heavy (non-hydrogen) atoms. The number of nitrogens with two attached hydrogens (primary N) is 1. The van der Waals surface area contributed by atoms with Crippen molar-refractivity contribution in [2.24, 2.45) is 11.7 Å². The van der Waals surface area contributed by atoms with E-state index in [-0.39, 0.29) is 0 Å². The molecule has 1 aliphatic rings. The lowest BCUT2D eigenvalue weighted by atomic mass is 9.99. The molecule has 0 saturated carbocycles. The van der Waals surface area contributed by atoms with E-state index in [9.17, 15) is 8.42 Å². The van der Waals surface area contributed by atoms with E-state index in [4.69, 9.17) is 5.73 Å². The molecule has 0 unspecified atom stereocenters. The van der Waals surface area contributed by atoms with Gasteiger partial charge in [0.2, 0.25) is 0 Å². The Balaban J connectivity index is 2.05. The van der Waals surface area contributed by atoms with Gasteiger partial charge in [-0.25, -0.2) is 0 Å². The average Bonchev–Trinajstić information content (AvgIpc) is 2.41. The monoisotopic (exact) mass is 347 g/mol. The van der Waals surface area contributed by atoms with Crippen LogP contribution >= 0.6 is 15.9 Å². The lowest BCUT2D eigenvalue weighted by Crippen LogP contribution is -2.42. The number of piperidine rings is 1. The number of anilines is 1. The van der Waals surface area contributed by atoms with Crippen molar-refractivity contribution in [1.29, 1.82) is 0 Å². The molecule has 0 aromatic heterocycles. The van der Waals surface area contributed by atoms with Crippen molar-refractivity contribution in [2.75, 3.05) is 24.4 Å². The molecule has 0 bridgehead atoms. The first kappa shape index (κ1) is 14.8. The first-order valence-electron chi connectivity index (χ1n) is 6.25. The van der Waals surface area contributed by atoms with Gasteiger partial charge in [-0.1, -0.05) is 12.1 Å². The van der Waals surface area contributed by atoms with Gasteiger partial charge in [0.15, 0.2) is 0 Å². The first-order valence-corrected chi connectivity index (χ1v) is 8.48. The van der Waals surface area contributed by atoms with Gasteiger partial charge in [0, 0.05) is 17.6 Å². The van der Waals surface area contributed by atoms with Crippen LogP contribution in [-0.2, 0) is 10.2 Å².